The number of piperidine rings is 1. The maximum atomic E-state index is 12.6. The highest BCUT2D eigenvalue weighted by Gasteiger charge is 2.43. The fourth-order valence-electron chi connectivity index (χ4n) is 4.06. The Balaban J connectivity index is 1.43. The van der Waals surface area contributed by atoms with E-state index in [1.54, 1.807) is 12.7 Å². The van der Waals surface area contributed by atoms with Gasteiger partial charge < -0.3 is 4.90 Å². The number of nitrogens with zero attached hydrogens (tertiary/aromatic N) is 5. The van der Waals surface area contributed by atoms with Gasteiger partial charge in [-0.1, -0.05) is 6.07 Å². The minimum absolute atomic E-state index is 0.195. The number of aromatic nitrogens is 3. The lowest BCUT2D eigenvalue weighted by atomic mass is 9.92. The van der Waals surface area contributed by atoms with Crippen LogP contribution < -0.4 is 0 Å². The summed E-state index contributed by atoms with van der Waals surface area (Å²) < 4.78 is 1.91. The van der Waals surface area contributed by atoms with E-state index in [2.05, 4.69) is 22.0 Å². The molecule has 0 bridgehead atoms. The van der Waals surface area contributed by atoms with E-state index in [0.717, 1.165) is 37.4 Å². The average molecular weight is 331 g/mol. The van der Waals surface area contributed by atoms with Crippen molar-refractivity contribution in [3.63, 3.8) is 0 Å². The summed E-state index contributed by atoms with van der Waals surface area (Å²) in [6.45, 7) is 2.61. The zero-order chi connectivity index (χ0) is 15.8. The number of likely N-dealkylation sites (N-methyl/N-ethyl adjacent to an activating group) is 1. The van der Waals surface area contributed by atoms with Gasteiger partial charge in [0.1, 0.15) is 12.7 Å². The van der Waals surface area contributed by atoms with Gasteiger partial charge in [0.2, 0.25) is 0 Å². The van der Waals surface area contributed by atoms with Crippen molar-refractivity contribution in [2.75, 3.05) is 20.1 Å². The first kappa shape index (κ1) is 14.8. The molecule has 2 aliphatic rings. The summed E-state index contributed by atoms with van der Waals surface area (Å²) in [6.07, 6.45) is 5.55. The van der Waals surface area contributed by atoms with Crippen molar-refractivity contribution in [2.24, 2.45) is 5.92 Å². The van der Waals surface area contributed by atoms with Crippen molar-refractivity contribution < 1.29 is 4.79 Å². The quantitative estimate of drug-likeness (QED) is 0.857. The van der Waals surface area contributed by atoms with E-state index in [0.29, 0.717) is 18.0 Å². The molecular weight excluding hydrogens is 310 g/mol. The first-order chi connectivity index (χ1) is 11.2. The number of hydrogen-bond donors (Lipinski definition) is 0. The van der Waals surface area contributed by atoms with Crippen molar-refractivity contribution >= 4 is 17.2 Å². The monoisotopic (exact) mass is 331 g/mol. The van der Waals surface area contributed by atoms with Crippen molar-refractivity contribution in [1.82, 2.24) is 24.6 Å². The molecule has 7 heteroatoms. The molecule has 0 aromatic carbocycles. The zero-order valence-electron chi connectivity index (χ0n) is 13.2. The van der Waals surface area contributed by atoms with Crippen LogP contribution in [0.25, 0.3) is 0 Å². The molecule has 0 N–H and O–H groups in total. The highest BCUT2D eigenvalue weighted by atomic mass is 32.1. The molecule has 4 heterocycles. The van der Waals surface area contributed by atoms with E-state index in [9.17, 15) is 4.79 Å². The lowest BCUT2D eigenvalue weighted by molar-refractivity contribution is 0.0611. The molecule has 2 fully saturated rings. The van der Waals surface area contributed by atoms with Crippen molar-refractivity contribution in [3.05, 3.63) is 35.0 Å². The maximum Gasteiger partial charge on any atom is 0.263 e. The Morgan fingerprint density at radius 1 is 1.48 bits per heavy atom. The lowest BCUT2D eigenvalue weighted by Gasteiger charge is -2.37. The van der Waals surface area contributed by atoms with Crippen molar-refractivity contribution in [2.45, 2.75) is 31.5 Å². The van der Waals surface area contributed by atoms with Gasteiger partial charge in [-0.2, -0.15) is 5.10 Å². The molecular formula is C16H21N5OS. The molecule has 1 amide bonds. The van der Waals surface area contributed by atoms with Crippen molar-refractivity contribution in [3.8, 4) is 0 Å². The minimum Gasteiger partial charge on any atom is -0.338 e. The van der Waals surface area contributed by atoms with E-state index >= 15 is 0 Å². The van der Waals surface area contributed by atoms with Gasteiger partial charge >= 0.3 is 0 Å². The van der Waals surface area contributed by atoms with Crippen LogP contribution >= 0.6 is 11.3 Å². The molecule has 2 aromatic heterocycles. The van der Waals surface area contributed by atoms with Gasteiger partial charge in [0.15, 0.2) is 0 Å². The minimum atomic E-state index is 0.195. The summed E-state index contributed by atoms with van der Waals surface area (Å²) in [5.41, 5.74) is 0. The summed E-state index contributed by atoms with van der Waals surface area (Å²) in [4.78, 5) is 22.0. The van der Waals surface area contributed by atoms with Crippen LogP contribution in [0.2, 0.25) is 0 Å². The Bertz CT molecular complexity index is 656. The third-order valence-electron chi connectivity index (χ3n) is 5.25. The normalized spacial score (nSPS) is 28.0. The SMILES string of the molecule is CN1[C@@H](Cn2cncn2)C[C@H]2CN(C(=O)c3cccs3)CC[C@H]21. The highest BCUT2D eigenvalue weighted by molar-refractivity contribution is 7.12. The Hall–Kier alpha value is -1.73. The molecule has 0 radical (unpaired) electrons. The van der Waals surface area contributed by atoms with E-state index in [1.807, 2.05) is 27.1 Å². The van der Waals surface area contributed by atoms with Gasteiger partial charge in [0.25, 0.3) is 5.91 Å². The van der Waals surface area contributed by atoms with Gasteiger partial charge in [0, 0.05) is 25.2 Å². The molecule has 0 unspecified atom stereocenters. The number of carbonyl (C=O) groups is 1. The van der Waals surface area contributed by atoms with E-state index in [4.69, 9.17) is 0 Å². The molecule has 0 aliphatic carbocycles. The number of thiophene rings is 1. The first-order valence-electron chi connectivity index (χ1n) is 8.09. The molecule has 4 rings (SSSR count). The molecule has 122 valence electrons. The lowest BCUT2D eigenvalue weighted by Crippen LogP contribution is -2.47. The van der Waals surface area contributed by atoms with E-state index < -0.39 is 0 Å². The second-order valence-electron chi connectivity index (χ2n) is 6.52. The maximum absolute atomic E-state index is 12.6. The van der Waals surface area contributed by atoms with Crippen LogP contribution in [-0.4, -0.2) is 62.7 Å². The third-order valence-corrected chi connectivity index (χ3v) is 6.11. The number of likely N-dealkylation sites (tertiary alicyclic amines) is 2. The van der Waals surface area contributed by atoms with Crippen molar-refractivity contribution in [1.29, 1.82) is 0 Å². The number of carbonyl (C=O) groups excluding carboxylic acids is 1. The summed E-state index contributed by atoms with van der Waals surface area (Å²) in [5, 5.41) is 6.19. The second-order valence-corrected chi connectivity index (χ2v) is 7.46. The molecule has 3 atom stereocenters. The van der Waals surface area contributed by atoms with Gasteiger partial charge in [-0.05, 0) is 37.3 Å². The predicted molar refractivity (Wildman–Crippen MR) is 88.3 cm³/mol. The Morgan fingerprint density at radius 2 is 2.39 bits per heavy atom. The molecule has 0 saturated carbocycles. The van der Waals surface area contributed by atoms with Crippen LogP contribution in [0.4, 0.5) is 0 Å². The van der Waals surface area contributed by atoms with E-state index in [-0.39, 0.29) is 5.91 Å². The zero-order valence-corrected chi connectivity index (χ0v) is 14.0. The predicted octanol–water partition coefficient (Wildman–Crippen LogP) is 1.57. The Labute approximate surface area is 139 Å². The Kier molecular flexibility index (Phi) is 3.90. The topological polar surface area (TPSA) is 54.3 Å². The molecule has 2 saturated heterocycles. The smallest absolute Gasteiger partial charge is 0.263 e. The number of fused-ring (bicyclic) bond motifs is 1. The fourth-order valence-corrected chi connectivity index (χ4v) is 4.75. The number of amides is 1. The summed E-state index contributed by atoms with van der Waals surface area (Å²) in [6, 6.07) is 4.93. The standard InChI is InChI=1S/C16H21N5OS/c1-19-13(9-21-11-17-10-18-21)7-12-8-20(5-4-14(12)19)16(22)15-3-2-6-23-15/h2-3,6,10-14H,4-5,7-9H2,1H3/t12-,13+,14+/m0/s1. The second kappa shape index (κ2) is 6.05. The summed E-state index contributed by atoms with van der Waals surface area (Å²) in [7, 11) is 2.21. The van der Waals surface area contributed by atoms with Gasteiger partial charge in [-0.3, -0.25) is 14.4 Å². The summed E-state index contributed by atoms with van der Waals surface area (Å²) >= 11 is 1.53. The molecule has 23 heavy (non-hydrogen) atoms. The number of rotatable bonds is 3. The van der Waals surface area contributed by atoms with Crippen LogP contribution in [0, 0.1) is 5.92 Å². The van der Waals surface area contributed by atoms with Crippen LogP contribution in [-0.2, 0) is 6.54 Å². The first-order valence-corrected chi connectivity index (χ1v) is 8.97. The van der Waals surface area contributed by atoms with E-state index in [1.165, 1.54) is 11.3 Å². The molecule has 0 spiro atoms. The largest absolute Gasteiger partial charge is 0.338 e. The Morgan fingerprint density at radius 3 is 3.13 bits per heavy atom. The van der Waals surface area contributed by atoms with Gasteiger partial charge in [-0.15, -0.1) is 11.3 Å². The average Bonchev–Trinajstić information content (AvgIpc) is 3.30. The molecule has 6 nitrogen and oxygen atoms in total. The highest BCUT2D eigenvalue weighted by Crippen LogP contribution is 2.35. The molecule has 2 aromatic rings. The number of hydrogen-bond acceptors (Lipinski definition) is 5. The van der Waals surface area contributed by atoms with Crippen LogP contribution in [0.3, 0.4) is 0 Å². The summed E-state index contributed by atoms with van der Waals surface area (Å²) in [5.74, 6) is 0.756. The van der Waals surface area contributed by atoms with Gasteiger partial charge in [0.05, 0.1) is 11.4 Å². The molecule has 2 aliphatic heterocycles. The van der Waals surface area contributed by atoms with Crippen LogP contribution in [0.15, 0.2) is 30.2 Å². The fraction of sp³-hybridized carbons (Fsp3) is 0.562. The van der Waals surface area contributed by atoms with Gasteiger partial charge in [-0.25, -0.2) is 4.98 Å². The third kappa shape index (κ3) is 2.79. The van der Waals surface area contributed by atoms with Crippen LogP contribution in [0.1, 0.15) is 22.5 Å². The van der Waals surface area contributed by atoms with Crippen LogP contribution in [0.5, 0.6) is 0 Å².